The van der Waals surface area contributed by atoms with Crippen molar-refractivity contribution in [3.8, 4) is 0 Å². The molecule has 0 aromatic heterocycles. The zero-order chi connectivity index (χ0) is 26.9. The van der Waals surface area contributed by atoms with Crippen LogP contribution in [0.2, 0.25) is 0 Å². The normalized spacial score (nSPS) is 24.6. The van der Waals surface area contributed by atoms with Gasteiger partial charge in [0.15, 0.2) is 6.10 Å². The fourth-order valence-corrected chi connectivity index (χ4v) is 4.18. The van der Waals surface area contributed by atoms with Gasteiger partial charge in [-0.2, -0.15) is 0 Å². The number of hydrogen-bond donors (Lipinski definition) is 5. The van der Waals surface area contributed by atoms with E-state index in [1.807, 2.05) is 20.8 Å². The SMILES string of the molecule is C.CO[C@@H](C(=O)N[C@H]1CC[C@@H](OC(=O)OC2CCCCC2)CNC1=O)[C@H](O)[C@@H](O)[C@H](O)/C=C/C(C)(C)C. The molecule has 1 saturated heterocycles. The number of ether oxygens (including phenoxy) is 3. The lowest BCUT2D eigenvalue weighted by Gasteiger charge is -2.28. The van der Waals surface area contributed by atoms with Crippen LogP contribution in [-0.2, 0) is 23.8 Å². The molecule has 6 atom stereocenters. The van der Waals surface area contributed by atoms with Crippen molar-refractivity contribution in [3.63, 3.8) is 0 Å². The van der Waals surface area contributed by atoms with Crippen LogP contribution in [0, 0.1) is 5.41 Å². The molecule has 1 heterocycles. The van der Waals surface area contributed by atoms with Crippen LogP contribution in [0.5, 0.6) is 0 Å². The van der Waals surface area contributed by atoms with Gasteiger partial charge in [0.1, 0.15) is 36.6 Å². The predicted molar refractivity (Wildman–Crippen MR) is 137 cm³/mol. The zero-order valence-electron chi connectivity index (χ0n) is 21.6. The maximum absolute atomic E-state index is 12.8. The predicted octanol–water partition coefficient (Wildman–Crippen LogP) is 1.57. The number of allylic oxidation sites excluding steroid dienone is 1. The van der Waals surface area contributed by atoms with Gasteiger partial charge in [-0.1, -0.05) is 46.8 Å². The average molecular weight is 531 g/mol. The minimum Gasteiger partial charge on any atom is -0.431 e. The second-order valence-corrected chi connectivity index (χ2v) is 10.6. The van der Waals surface area contributed by atoms with Crippen LogP contribution in [0.4, 0.5) is 4.79 Å². The first-order valence-electron chi connectivity index (χ1n) is 12.6. The van der Waals surface area contributed by atoms with Gasteiger partial charge in [0.25, 0.3) is 5.91 Å². The van der Waals surface area contributed by atoms with Crippen molar-refractivity contribution in [1.82, 2.24) is 10.6 Å². The number of amides is 2. The Morgan fingerprint density at radius 2 is 1.62 bits per heavy atom. The van der Waals surface area contributed by atoms with Crippen molar-refractivity contribution in [2.24, 2.45) is 5.41 Å². The van der Waals surface area contributed by atoms with E-state index >= 15 is 0 Å². The first kappa shape index (κ1) is 32.8. The minimum absolute atomic E-state index is 0. The summed E-state index contributed by atoms with van der Waals surface area (Å²) in [6, 6.07) is -0.965. The van der Waals surface area contributed by atoms with Crippen LogP contribution in [0.3, 0.4) is 0 Å². The molecule has 2 fully saturated rings. The Balaban J connectivity index is 0.00000684. The molecule has 1 aliphatic heterocycles. The number of hydrogen-bond acceptors (Lipinski definition) is 9. The number of rotatable bonds is 9. The molecule has 2 amide bonds. The van der Waals surface area contributed by atoms with Gasteiger partial charge in [0.05, 0.1) is 6.54 Å². The molecule has 214 valence electrons. The summed E-state index contributed by atoms with van der Waals surface area (Å²) in [7, 11) is 1.17. The lowest BCUT2D eigenvalue weighted by Crippen LogP contribution is -2.55. The fraction of sp³-hybridized carbons (Fsp3) is 0.808. The Morgan fingerprint density at radius 1 is 1.00 bits per heavy atom. The third-order valence-electron chi connectivity index (χ3n) is 6.31. The topological polar surface area (TPSA) is 164 Å². The van der Waals surface area contributed by atoms with Crippen molar-refractivity contribution in [3.05, 3.63) is 12.2 Å². The Kier molecular flexibility index (Phi) is 13.5. The molecule has 5 N–H and O–H groups in total. The number of nitrogens with one attached hydrogen (secondary N) is 2. The summed E-state index contributed by atoms with van der Waals surface area (Å²) in [4.78, 5) is 37.4. The molecule has 2 aliphatic rings. The number of methoxy groups -OCH3 is 1. The number of carbonyl (C=O) groups is 3. The van der Waals surface area contributed by atoms with Crippen molar-refractivity contribution in [2.45, 2.75) is 116 Å². The van der Waals surface area contributed by atoms with Gasteiger partial charge < -0.3 is 40.2 Å². The summed E-state index contributed by atoms with van der Waals surface area (Å²) in [5.74, 6) is -1.31. The van der Waals surface area contributed by atoms with E-state index in [-0.39, 0.29) is 31.9 Å². The molecule has 0 unspecified atom stereocenters. The first-order valence-corrected chi connectivity index (χ1v) is 12.6. The molecule has 0 bridgehead atoms. The van der Waals surface area contributed by atoms with Gasteiger partial charge in [0.2, 0.25) is 5.91 Å². The second-order valence-electron chi connectivity index (χ2n) is 10.6. The summed E-state index contributed by atoms with van der Waals surface area (Å²) in [5, 5.41) is 36.1. The fourth-order valence-electron chi connectivity index (χ4n) is 4.18. The van der Waals surface area contributed by atoms with Gasteiger partial charge in [0, 0.05) is 7.11 Å². The van der Waals surface area contributed by atoms with Gasteiger partial charge in [-0.25, -0.2) is 4.79 Å². The summed E-state index contributed by atoms with van der Waals surface area (Å²) in [6.07, 6.45) is 0.331. The van der Waals surface area contributed by atoms with E-state index in [2.05, 4.69) is 10.6 Å². The van der Waals surface area contributed by atoms with Gasteiger partial charge >= 0.3 is 6.16 Å². The number of aliphatic hydroxyl groups excluding tert-OH is 3. The van der Waals surface area contributed by atoms with Gasteiger partial charge in [-0.15, -0.1) is 0 Å². The lowest BCUT2D eigenvalue weighted by molar-refractivity contribution is -0.150. The van der Waals surface area contributed by atoms with E-state index in [1.54, 1.807) is 6.08 Å². The van der Waals surface area contributed by atoms with Crippen LogP contribution in [0.15, 0.2) is 12.2 Å². The van der Waals surface area contributed by atoms with E-state index in [1.165, 1.54) is 13.2 Å². The maximum atomic E-state index is 12.8. The van der Waals surface area contributed by atoms with Crippen LogP contribution in [0.1, 0.15) is 73.1 Å². The molecule has 1 aliphatic carbocycles. The van der Waals surface area contributed by atoms with Crippen LogP contribution < -0.4 is 10.6 Å². The zero-order valence-corrected chi connectivity index (χ0v) is 21.6. The third kappa shape index (κ3) is 11.0. The molecule has 0 radical (unpaired) electrons. The molecule has 11 heteroatoms. The minimum atomic E-state index is -1.76. The van der Waals surface area contributed by atoms with Crippen molar-refractivity contribution < 1.29 is 43.9 Å². The Labute approximate surface area is 219 Å². The number of carbonyl (C=O) groups excluding carboxylic acids is 3. The molecule has 37 heavy (non-hydrogen) atoms. The van der Waals surface area contributed by atoms with E-state index in [0.717, 1.165) is 32.1 Å². The first-order chi connectivity index (χ1) is 16.9. The smallest absolute Gasteiger partial charge is 0.431 e. The van der Waals surface area contributed by atoms with Gasteiger partial charge in [-0.05, 0) is 43.9 Å². The standard InChI is InChI=1S/C25H42N2O9.CH4/c1-25(2,3)13-12-18(28)19(29)20(30)21(34-4)23(32)27-17-11-10-16(14-26-22(17)31)36-24(33)35-15-8-6-5-7-9-15;/h12-13,15-21,28-30H,5-11,14H2,1-4H3,(H,26,31)(H,27,32);1H4/b13-12+;/t16-,17+,18-,19+,20-,21-;/m1./s1. The largest absolute Gasteiger partial charge is 0.508 e. The molecular formula is C26H46N2O9. The highest BCUT2D eigenvalue weighted by Crippen LogP contribution is 2.21. The van der Waals surface area contributed by atoms with Crippen LogP contribution in [-0.4, -0.2) is 89.6 Å². The van der Waals surface area contributed by atoms with E-state index in [9.17, 15) is 29.7 Å². The van der Waals surface area contributed by atoms with E-state index < -0.39 is 54.5 Å². The number of aliphatic hydroxyl groups is 3. The van der Waals surface area contributed by atoms with Gasteiger partial charge in [-0.3, -0.25) is 9.59 Å². The Bertz CT molecular complexity index is 762. The maximum Gasteiger partial charge on any atom is 0.508 e. The molecular weight excluding hydrogens is 484 g/mol. The third-order valence-corrected chi connectivity index (χ3v) is 6.31. The van der Waals surface area contributed by atoms with Crippen LogP contribution in [0.25, 0.3) is 0 Å². The Hall–Kier alpha value is -2.21. The monoisotopic (exact) mass is 530 g/mol. The van der Waals surface area contributed by atoms with Crippen molar-refractivity contribution >= 4 is 18.0 Å². The molecule has 11 nitrogen and oxygen atoms in total. The van der Waals surface area contributed by atoms with Crippen molar-refractivity contribution in [1.29, 1.82) is 0 Å². The molecule has 0 spiro atoms. The molecule has 1 saturated carbocycles. The summed E-state index contributed by atoms with van der Waals surface area (Å²) in [6.45, 7) is 5.78. The highest BCUT2D eigenvalue weighted by atomic mass is 16.7. The summed E-state index contributed by atoms with van der Waals surface area (Å²) < 4.78 is 15.8. The summed E-state index contributed by atoms with van der Waals surface area (Å²) in [5.41, 5.74) is -0.259. The highest BCUT2D eigenvalue weighted by molar-refractivity contribution is 5.89. The second kappa shape index (κ2) is 15.3. The summed E-state index contributed by atoms with van der Waals surface area (Å²) >= 11 is 0. The Morgan fingerprint density at radius 3 is 2.22 bits per heavy atom. The molecule has 0 aromatic rings. The molecule has 2 rings (SSSR count). The van der Waals surface area contributed by atoms with E-state index in [4.69, 9.17) is 14.2 Å². The quantitative estimate of drug-likeness (QED) is 0.220. The van der Waals surface area contributed by atoms with Crippen LogP contribution >= 0.6 is 0 Å². The average Bonchev–Trinajstić information content (AvgIpc) is 2.98. The van der Waals surface area contributed by atoms with E-state index in [0.29, 0.717) is 6.42 Å². The molecule has 0 aromatic carbocycles. The van der Waals surface area contributed by atoms with Crippen molar-refractivity contribution in [2.75, 3.05) is 13.7 Å². The highest BCUT2D eigenvalue weighted by Gasteiger charge is 2.37. The lowest BCUT2D eigenvalue weighted by atomic mass is 9.94.